The fourth-order valence-corrected chi connectivity index (χ4v) is 2.39. The van der Waals surface area contributed by atoms with Crippen LogP contribution in [0.3, 0.4) is 0 Å². The predicted octanol–water partition coefficient (Wildman–Crippen LogP) is 1.76. The Labute approximate surface area is 212 Å². The van der Waals surface area contributed by atoms with Crippen LogP contribution in [0.1, 0.15) is 25.7 Å². The molecule has 0 bridgehead atoms. The number of nitrogens with one attached hydrogen (secondary N) is 1. The van der Waals surface area contributed by atoms with E-state index in [4.69, 9.17) is 5.11 Å². The molecule has 2 heterocycles. The number of aliphatic carboxylic acids is 1. The molecule has 1 unspecified atom stereocenters. The summed E-state index contributed by atoms with van der Waals surface area (Å²) in [7, 11) is 0. The first kappa shape index (κ1) is 31.7. The average Bonchev–Trinajstić information content (AvgIpc) is 3.32. The normalized spacial score (nSPS) is 19.6. The van der Waals surface area contributed by atoms with Crippen molar-refractivity contribution in [3.63, 3.8) is 0 Å². The zero-order chi connectivity index (χ0) is 16.3. The molecule has 4 rings (SSSR count). The van der Waals surface area contributed by atoms with E-state index in [1.54, 1.807) is 0 Å². The predicted molar refractivity (Wildman–Crippen MR) is 115 cm³/mol. The van der Waals surface area contributed by atoms with Gasteiger partial charge in [-0.1, -0.05) is 0 Å². The van der Waals surface area contributed by atoms with E-state index in [1.807, 2.05) is 24.3 Å². The molecule has 2 aliphatic carbocycles. The van der Waals surface area contributed by atoms with Gasteiger partial charge in [0.05, 0.1) is 0 Å². The van der Waals surface area contributed by atoms with Crippen LogP contribution in [0.5, 0.6) is 0 Å². The third-order valence-corrected chi connectivity index (χ3v) is 3.61. The van der Waals surface area contributed by atoms with Crippen LogP contribution >= 0.6 is 24.8 Å². The molecular weight excluding hydrogens is 567 g/mol. The molecule has 5 nitrogen and oxygen atoms in total. The number of rotatable bonds is 1. The van der Waals surface area contributed by atoms with E-state index in [2.05, 4.69) is 39.5 Å². The molecule has 0 spiro atoms. The number of hydrogen-bond acceptors (Lipinski definition) is 4. The second-order valence-electron chi connectivity index (χ2n) is 5.38. The molecule has 9 heteroatoms. The van der Waals surface area contributed by atoms with Gasteiger partial charge in [-0.2, -0.15) is 12.2 Å². The fourth-order valence-electron chi connectivity index (χ4n) is 2.39. The van der Waals surface area contributed by atoms with Gasteiger partial charge in [0.1, 0.15) is 6.04 Å². The Morgan fingerprint density at radius 3 is 2.15 bits per heavy atom. The van der Waals surface area contributed by atoms with Gasteiger partial charge in [-0.3, -0.25) is 17.1 Å². The molecule has 1 atom stereocenters. The first-order chi connectivity index (χ1) is 11.3. The van der Waals surface area contributed by atoms with Gasteiger partial charge >= 0.3 is 58.0 Å². The van der Waals surface area contributed by atoms with E-state index in [1.165, 1.54) is 0 Å². The number of carbonyl (C=O) groups is 1. The van der Waals surface area contributed by atoms with Crippen LogP contribution in [-0.4, -0.2) is 73.5 Å². The van der Waals surface area contributed by atoms with Gasteiger partial charge in [0.25, 0.3) is 0 Å². The number of guanidine groups is 1. The van der Waals surface area contributed by atoms with Gasteiger partial charge in [-0.25, -0.2) is 29.1 Å². The van der Waals surface area contributed by atoms with E-state index in [9.17, 15) is 4.79 Å². The quantitative estimate of drug-likeness (QED) is 0.454. The van der Waals surface area contributed by atoms with Gasteiger partial charge in [0.15, 0.2) is 5.96 Å². The number of carboxylic acid groups (broad SMARTS) is 1. The van der Waals surface area contributed by atoms with Gasteiger partial charge in [-0.05, 0) is 12.8 Å². The molecule has 0 amide bonds. The van der Waals surface area contributed by atoms with E-state index < -0.39 is 12.0 Å². The SMILES string of the molecule is Cl.Cl.O=C(O)C1CCN2CCCN=C2N1.[C-]1=CC=CC1.[C-]1=CC=CC1.[InH3].[Zr+2]. The maximum absolute atomic E-state index is 10.7. The summed E-state index contributed by atoms with van der Waals surface area (Å²) in [6.07, 6.45) is 21.7. The van der Waals surface area contributed by atoms with Crippen LogP contribution in [0, 0.1) is 12.2 Å². The maximum Gasteiger partial charge on any atom is 2.00 e. The molecule has 1 fully saturated rings. The minimum absolute atomic E-state index is 0. The van der Waals surface area contributed by atoms with Crippen molar-refractivity contribution >= 4 is 62.6 Å². The van der Waals surface area contributed by atoms with Crippen molar-refractivity contribution in [2.24, 2.45) is 4.99 Å². The summed E-state index contributed by atoms with van der Waals surface area (Å²) >= 11 is 0. The van der Waals surface area contributed by atoms with Crippen molar-refractivity contribution in [1.29, 1.82) is 0 Å². The molecule has 2 N–H and O–H groups in total. The number of aliphatic imine (C=N–C) groups is 1. The fraction of sp³-hybridized carbons (Fsp3) is 0.444. The van der Waals surface area contributed by atoms with Crippen LogP contribution in [0.2, 0.25) is 0 Å². The van der Waals surface area contributed by atoms with Crippen LogP contribution in [0.25, 0.3) is 0 Å². The third-order valence-electron chi connectivity index (χ3n) is 3.61. The Balaban J connectivity index is -0.000000349. The first-order valence-corrected chi connectivity index (χ1v) is 7.99. The molecule has 0 aromatic heterocycles. The molecule has 0 radical (unpaired) electrons. The van der Waals surface area contributed by atoms with E-state index in [0.717, 1.165) is 44.9 Å². The van der Waals surface area contributed by atoms with Crippen molar-refractivity contribution in [3.05, 3.63) is 48.6 Å². The van der Waals surface area contributed by atoms with Gasteiger partial charge in [0, 0.05) is 19.6 Å². The smallest absolute Gasteiger partial charge is 2.00 e. The first-order valence-electron chi connectivity index (χ1n) is 7.99. The number of carboxylic acids is 1. The topological polar surface area (TPSA) is 64.9 Å². The van der Waals surface area contributed by atoms with Crippen molar-refractivity contribution in [1.82, 2.24) is 10.2 Å². The number of halogens is 2. The maximum atomic E-state index is 10.7. The average molecular weight is 595 g/mol. The molecule has 1 saturated heterocycles. The second kappa shape index (κ2) is 19.4. The molecule has 0 aromatic carbocycles. The summed E-state index contributed by atoms with van der Waals surface area (Å²) in [5.74, 6) is -0.0159. The van der Waals surface area contributed by atoms with E-state index in [-0.39, 0.29) is 76.9 Å². The molecule has 27 heavy (non-hydrogen) atoms. The summed E-state index contributed by atoms with van der Waals surface area (Å²) in [4.78, 5) is 17.1. The van der Waals surface area contributed by atoms with E-state index in [0.29, 0.717) is 6.42 Å². The van der Waals surface area contributed by atoms with Crippen molar-refractivity contribution in [3.8, 4) is 0 Å². The van der Waals surface area contributed by atoms with E-state index >= 15 is 0 Å². The summed E-state index contributed by atoms with van der Waals surface area (Å²) in [5.41, 5.74) is 0. The summed E-state index contributed by atoms with van der Waals surface area (Å²) < 4.78 is 0. The van der Waals surface area contributed by atoms with Crippen molar-refractivity contribution in [2.75, 3.05) is 19.6 Å². The van der Waals surface area contributed by atoms with Crippen LogP contribution in [-0.2, 0) is 31.0 Å². The zero-order valence-corrected chi connectivity index (χ0v) is 18.6. The Morgan fingerprint density at radius 1 is 1.15 bits per heavy atom. The van der Waals surface area contributed by atoms with Crippen LogP contribution in [0.4, 0.5) is 0 Å². The third kappa shape index (κ3) is 13.0. The van der Waals surface area contributed by atoms with Gasteiger partial charge < -0.3 is 15.3 Å². The molecule has 0 aromatic rings. The Kier molecular flexibility index (Phi) is 22.7. The molecule has 4 aliphatic rings. The van der Waals surface area contributed by atoms with Crippen molar-refractivity contribution in [2.45, 2.75) is 31.7 Å². The minimum atomic E-state index is -0.784. The Bertz CT molecular complexity index is 513. The summed E-state index contributed by atoms with van der Waals surface area (Å²) in [6.45, 7) is 2.62. The van der Waals surface area contributed by atoms with Gasteiger partial charge in [-0.15, -0.1) is 37.7 Å². The number of nitrogens with zero attached hydrogens (tertiary/aromatic N) is 2. The summed E-state index contributed by atoms with van der Waals surface area (Å²) in [6, 6.07) is -0.451. The number of hydrogen-bond donors (Lipinski definition) is 2. The Morgan fingerprint density at radius 2 is 1.74 bits per heavy atom. The number of allylic oxidation sites excluding steroid dienone is 8. The molecule has 2 aliphatic heterocycles. The zero-order valence-electron chi connectivity index (χ0n) is 14.6. The molecule has 0 saturated carbocycles. The summed E-state index contributed by atoms with van der Waals surface area (Å²) in [5, 5.41) is 11.7. The Hall–Kier alpha value is 0.0332. The molecule has 148 valence electrons. The standard InChI is InChI=1S/C8H13N3O2.2C5H5.2ClH.In.Zr.3H/c12-7(13)6-2-5-11-4-1-3-9-8(11)10-6;2*1-2-4-5-3-1;;;;;;;/h6H,1-5H2,(H,9,10)(H,12,13);2*1-3H,4H2;2*1H;;;;;/q;2*-1;;;;+2;;;. The van der Waals surface area contributed by atoms with Crippen molar-refractivity contribution < 1.29 is 36.1 Å². The largest absolute Gasteiger partial charge is 2.00 e. The van der Waals surface area contributed by atoms with Gasteiger partial charge in [0.2, 0.25) is 0 Å². The molecular formula is C18H28Cl2InN3O2Zr. The van der Waals surface area contributed by atoms with Crippen LogP contribution < -0.4 is 5.32 Å². The minimum Gasteiger partial charge on any atom is 2.00 e. The monoisotopic (exact) mass is 593 g/mol. The van der Waals surface area contributed by atoms with Crippen LogP contribution in [0.15, 0.2) is 41.4 Å². The number of fused-ring (bicyclic) bond motifs is 1. The second-order valence-corrected chi connectivity index (χ2v) is 5.38.